The van der Waals surface area contributed by atoms with Crippen LogP contribution in [0, 0.1) is 5.92 Å². The quantitative estimate of drug-likeness (QED) is 0.468. The van der Waals surface area contributed by atoms with Crippen molar-refractivity contribution < 1.29 is 14.7 Å². The minimum absolute atomic E-state index is 0.198. The standard InChI is InChI=1S/C12H25N3O3/c1-2-3-10(4-5-11(16)17)6-8-14-12(18)15-9-7-13/h10H,2-9,13H2,1H3,(H,16,17)(H2,14,15,18). The molecule has 0 spiro atoms. The van der Waals surface area contributed by atoms with Crippen molar-refractivity contribution in [3.63, 3.8) is 0 Å². The molecule has 0 aromatic heterocycles. The third-order valence-corrected chi connectivity index (χ3v) is 2.73. The fourth-order valence-corrected chi connectivity index (χ4v) is 1.81. The number of carbonyl (C=O) groups excluding carboxylic acids is 1. The molecule has 1 atom stereocenters. The molecule has 0 aliphatic heterocycles. The van der Waals surface area contributed by atoms with E-state index in [4.69, 9.17) is 10.8 Å². The Bertz CT molecular complexity index is 247. The number of carboxylic acids is 1. The van der Waals surface area contributed by atoms with Crippen molar-refractivity contribution in [3.8, 4) is 0 Å². The number of urea groups is 1. The van der Waals surface area contributed by atoms with Crippen molar-refractivity contribution in [2.45, 2.75) is 39.0 Å². The van der Waals surface area contributed by atoms with Crippen molar-refractivity contribution in [1.82, 2.24) is 10.6 Å². The molecule has 0 aromatic carbocycles. The van der Waals surface area contributed by atoms with Crippen LogP contribution in [-0.4, -0.2) is 36.7 Å². The van der Waals surface area contributed by atoms with Gasteiger partial charge in [-0.1, -0.05) is 19.8 Å². The summed E-state index contributed by atoms with van der Waals surface area (Å²) in [6, 6.07) is -0.214. The number of rotatable bonds is 10. The Hall–Kier alpha value is -1.30. The lowest BCUT2D eigenvalue weighted by molar-refractivity contribution is -0.137. The van der Waals surface area contributed by atoms with Gasteiger partial charge in [-0.05, 0) is 18.8 Å². The summed E-state index contributed by atoms with van der Waals surface area (Å²) in [5.74, 6) is -0.398. The molecule has 2 amide bonds. The molecule has 6 heteroatoms. The normalized spacial score (nSPS) is 11.9. The Morgan fingerprint density at radius 1 is 1.17 bits per heavy atom. The number of hydrogen-bond donors (Lipinski definition) is 4. The Morgan fingerprint density at radius 3 is 2.39 bits per heavy atom. The lowest BCUT2D eigenvalue weighted by Crippen LogP contribution is -2.39. The van der Waals surface area contributed by atoms with Crippen molar-refractivity contribution in [2.75, 3.05) is 19.6 Å². The average molecular weight is 259 g/mol. The van der Waals surface area contributed by atoms with Gasteiger partial charge >= 0.3 is 12.0 Å². The molecular weight excluding hydrogens is 234 g/mol. The number of carboxylic acid groups (broad SMARTS) is 1. The number of nitrogens with one attached hydrogen (secondary N) is 2. The Balaban J connectivity index is 3.74. The summed E-state index contributed by atoms with van der Waals surface area (Å²) < 4.78 is 0. The number of carbonyl (C=O) groups is 2. The van der Waals surface area contributed by atoms with Crippen LogP contribution in [0.4, 0.5) is 4.79 Å². The smallest absolute Gasteiger partial charge is 0.314 e. The molecule has 1 unspecified atom stereocenters. The largest absolute Gasteiger partial charge is 0.481 e. The van der Waals surface area contributed by atoms with Gasteiger partial charge in [-0.15, -0.1) is 0 Å². The van der Waals surface area contributed by atoms with Gasteiger partial charge in [0.15, 0.2) is 0 Å². The maximum Gasteiger partial charge on any atom is 0.314 e. The van der Waals surface area contributed by atoms with E-state index < -0.39 is 5.97 Å². The van der Waals surface area contributed by atoms with Gasteiger partial charge in [0.25, 0.3) is 0 Å². The third kappa shape index (κ3) is 9.89. The monoisotopic (exact) mass is 259 g/mol. The Kier molecular flexibility index (Phi) is 10.0. The molecule has 0 fully saturated rings. The van der Waals surface area contributed by atoms with Crippen LogP contribution in [0.3, 0.4) is 0 Å². The van der Waals surface area contributed by atoms with Gasteiger partial charge < -0.3 is 21.5 Å². The van der Waals surface area contributed by atoms with Crippen molar-refractivity contribution >= 4 is 12.0 Å². The Morgan fingerprint density at radius 2 is 1.83 bits per heavy atom. The van der Waals surface area contributed by atoms with E-state index in [1.807, 2.05) is 0 Å². The highest BCUT2D eigenvalue weighted by Crippen LogP contribution is 2.16. The molecule has 0 heterocycles. The van der Waals surface area contributed by atoms with Gasteiger partial charge in [-0.25, -0.2) is 4.79 Å². The van der Waals surface area contributed by atoms with Crippen LogP contribution in [0.2, 0.25) is 0 Å². The molecule has 0 aliphatic rings. The minimum atomic E-state index is -0.759. The molecule has 0 saturated heterocycles. The summed E-state index contributed by atoms with van der Waals surface area (Å²) in [6.07, 6.45) is 3.72. The summed E-state index contributed by atoms with van der Waals surface area (Å²) >= 11 is 0. The minimum Gasteiger partial charge on any atom is -0.481 e. The fourth-order valence-electron chi connectivity index (χ4n) is 1.81. The van der Waals surface area contributed by atoms with E-state index in [9.17, 15) is 9.59 Å². The van der Waals surface area contributed by atoms with Gasteiger partial charge in [0.05, 0.1) is 0 Å². The van der Waals surface area contributed by atoms with Crippen molar-refractivity contribution in [2.24, 2.45) is 11.7 Å². The second-order valence-electron chi connectivity index (χ2n) is 4.35. The molecule has 0 bridgehead atoms. The first-order valence-corrected chi connectivity index (χ1v) is 6.53. The van der Waals surface area contributed by atoms with Crippen LogP contribution in [0.15, 0.2) is 0 Å². The molecular formula is C12H25N3O3. The van der Waals surface area contributed by atoms with E-state index in [0.717, 1.165) is 19.3 Å². The molecule has 106 valence electrons. The molecule has 0 aromatic rings. The fraction of sp³-hybridized carbons (Fsp3) is 0.833. The second-order valence-corrected chi connectivity index (χ2v) is 4.35. The first-order valence-electron chi connectivity index (χ1n) is 6.53. The van der Waals surface area contributed by atoms with Gasteiger partial charge in [0.1, 0.15) is 0 Å². The maximum absolute atomic E-state index is 11.2. The van der Waals surface area contributed by atoms with E-state index in [1.54, 1.807) is 0 Å². The molecule has 0 radical (unpaired) electrons. The number of aliphatic carboxylic acids is 1. The van der Waals surface area contributed by atoms with E-state index in [-0.39, 0.29) is 12.5 Å². The third-order valence-electron chi connectivity index (χ3n) is 2.73. The first kappa shape index (κ1) is 16.7. The SMILES string of the molecule is CCCC(CCNC(=O)NCCN)CCC(=O)O. The summed E-state index contributed by atoms with van der Waals surface area (Å²) in [5.41, 5.74) is 5.26. The summed E-state index contributed by atoms with van der Waals surface area (Å²) in [5, 5.41) is 14.0. The molecule has 0 rings (SSSR count). The Labute approximate surface area is 108 Å². The highest BCUT2D eigenvalue weighted by molar-refractivity contribution is 5.73. The number of nitrogens with two attached hydrogens (primary N) is 1. The van der Waals surface area contributed by atoms with Gasteiger partial charge in [-0.3, -0.25) is 4.79 Å². The summed E-state index contributed by atoms with van der Waals surface area (Å²) in [7, 11) is 0. The van der Waals surface area contributed by atoms with Crippen molar-refractivity contribution in [3.05, 3.63) is 0 Å². The molecule has 5 N–H and O–H groups in total. The van der Waals surface area contributed by atoms with Crippen LogP contribution in [0.1, 0.15) is 39.0 Å². The highest BCUT2D eigenvalue weighted by atomic mass is 16.4. The van der Waals surface area contributed by atoms with E-state index in [2.05, 4.69) is 17.6 Å². The molecule has 0 saturated carbocycles. The van der Waals surface area contributed by atoms with Gasteiger partial charge in [-0.2, -0.15) is 0 Å². The van der Waals surface area contributed by atoms with Crippen LogP contribution in [0.25, 0.3) is 0 Å². The van der Waals surface area contributed by atoms with E-state index in [1.165, 1.54) is 0 Å². The number of hydrogen-bond acceptors (Lipinski definition) is 3. The zero-order valence-electron chi connectivity index (χ0n) is 11.1. The molecule has 0 aliphatic carbocycles. The maximum atomic E-state index is 11.2. The van der Waals surface area contributed by atoms with Crippen LogP contribution < -0.4 is 16.4 Å². The zero-order valence-corrected chi connectivity index (χ0v) is 11.1. The summed E-state index contributed by atoms with van der Waals surface area (Å²) in [4.78, 5) is 21.8. The van der Waals surface area contributed by atoms with E-state index in [0.29, 0.717) is 32.0 Å². The van der Waals surface area contributed by atoms with Crippen molar-refractivity contribution in [1.29, 1.82) is 0 Å². The highest BCUT2D eigenvalue weighted by Gasteiger charge is 2.10. The van der Waals surface area contributed by atoms with E-state index >= 15 is 0 Å². The number of amides is 2. The lowest BCUT2D eigenvalue weighted by atomic mass is 9.94. The summed E-state index contributed by atoms with van der Waals surface area (Å²) in [6.45, 7) is 3.53. The van der Waals surface area contributed by atoms with Gasteiger partial charge in [0, 0.05) is 26.1 Å². The molecule has 18 heavy (non-hydrogen) atoms. The molecule has 6 nitrogen and oxygen atoms in total. The topological polar surface area (TPSA) is 104 Å². The van der Waals surface area contributed by atoms with Gasteiger partial charge in [0.2, 0.25) is 0 Å². The predicted octanol–water partition coefficient (Wildman–Crippen LogP) is 0.916. The first-order chi connectivity index (χ1) is 8.60. The average Bonchev–Trinajstić information content (AvgIpc) is 2.33. The van der Waals surface area contributed by atoms with Crippen LogP contribution in [0.5, 0.6) is 0 Å². The zero-order chi connectivity index (χ0) is 13.8. The second kappa shape index (κ2) is 10.8. The predicted molar refractivity (Wildman–Crippen MR) is 70.3 cm³/mol. The van der Waals surface area contributed by atoms with Crippen LogP contribution in [-0.2, 0) is 4.79 Å². The van der Waals surface area contributed by atoms with Crippen LogP contribution >= 0.6 is 0 Å². The lowest BCUT2D eigenvalue weighted by Gasteiger charge is -2.15.